The van der Waals surface area contributed by atoms with Crippen molar-refractivity contribution in [2.24, 2.45) is 0 Å². The van der Waals surface area contributed by atoms with Crippen LogP contribution in [0.2, 0.25) is 0 Å². The smallest absolute Gasteiger partial charge is 0.128 e. The molecule has 2 aliphatic rings. The van der Waals surface area contributed by atoms with Gasteiger partial charge in [-0.05, 0) is 24.0 Å². The number of unbranched alkanes of at least 4 members (excludes halogenated alkanes) is 1. The number of fused-ring (bicyclic) bond motifs is 2. The van der Waals surface area contributed by atoms with Crippen LogP contribution < -0.4 is 0 Å². The van der Waals surface area contributed by atoms with Gasteiger partial charge in [0.2, 0.25) is 0 Å². The third kappa shape index (κ3) is 3.86. The molecule has 0 unspecified atom stereocenters. The fourth-order valence-electron chi connectivity index (χ4n) is 3.68. The van der Waals surface area contributed by atoms with Gasteiger partial charge in [0.15, 0.2) is 0 Å². The fraction of sp³-hybridized carbons (Fsp3) is 0.300. The molecule has 2 aromatic rings. The Morgan fingerprint density at radius 2 is 1.04 bits per heavy atom. The van der Waals surface area contributed by atoms with Crippen LogP contribution in [0.15, 0.2) is 48.5 Å². The minimum absolute atomic E-state index is 0. The van der Waals surface area contributed by atoms with E-state index in [1.54, 1.807) is 0 Å². The zero-order chi connectivity index (χ0) is 16.5. The Morgan fingerprint density at radius 3 is 1.42 bits per heavy atom. The molecule has 0 radical (unpaired) electrons. The molecule has 0 amide bonds. The van der Waals surface area contributed by atoms with Crippen LogP contribution >= 0.6 is 34.0 Å². The van der Waals surface area contributed by atoms with E-state index in [4.69, 9.17) is 10.8 Å². The predicted octanol–water partition coefficient (Wildman–Crippen LogP) is 4.60. The van der Waals surface area contributed by atoms with Crippen molar-refractivity contribution in [2.45, 2.75) is 25.9 Å². The van der Waals surface area contributed by atoms with E-state index in [1.807, 2.05) is 36.4 Å². The van der Waals surface area contributed by atoms with Gasteiger partial charge in [-0.15, -0.1) is 34.0 Å². The van der Waals surface area contributed by atoms with Crippen molar-refractivity contribution < 1.29 is 0 Å². The van der Waals surface area contributed by atoms with Crippen LogP contribution in [0.3, 0.4) is 0 Å². The van der Waals surface area contributed by atoms with Crippen molar-refractivity contribution >= 4 is 45.6 Å². The summed E-state index contributed by atoms with van der Waals surface area (Å²) in [4.78, 5) is 4.32. The average molecular weight is 480 g/mol. The summed E-state index contributed by atoms with van der Waals surface area (Å²) in [7, 11) is 0. The van der Waals surface area contributed by atoms with E-state index in [0.717, 1.165) is 50.1 Å². The Hall–Kier alpha value is -1.66. The predicted molar refractivity (Wildman–Crippen MR) is 117 cm³/mol. The summed E-state index contributed by atoms with van der Waals surface area (Å²) < 4.78 is 0. The van der Waals surface area contributed by atoms with E-state index in [-0.39, 0.29) is 34.0 Å². The van der Waals surface area contributed by atoms with Crippen LogP contribution in [0.25, 0.3) is 0 Å². The zero-order valence-electron chi connectivity index (χ0n) is 14.6. The molecule has 0 saturated carbocycles. The van der Waals surface area contributed by atoms with Crippen molar-refractivity contribution in [3.8, 4) is 0 Å². The van der Waals surface area contributed by atoms with Crippen molar-refractivity contribution in [2.75, 3.05) is 13.1 Å². The Labute approximate surface area is 175 Å². The Morgan fingerprint density at radius 1 is 0.654 bits per heavy atom. The van der Waals surface area contributed by atoms with E-state index in [1.165, 1.54) is 11.1 Å². The van der Waals surface area contributed by atoms with E-state index in [9.17, 15) is 0 Å². The number of rotatable bonds is 5. The highest BCUT2D eigenvalue weighted by atomic mass is 79.9. The Kier molecular flexibility index (Phi) is 7.01. The first-order chi connectivity index (χ1) is 11.7. The Balaban J connectivity index is 0.00000121. The van der Waals surface area contributed by atoms with Crippen molar-refractivity contribution in [1.82, 2.24) is 9.80 Å². The van der Waals surface area contributed by atoms with Gasteiger partial charge in [-0.25, -0.2) is 0 Å². The summed E-state index contributed by atoms with van der Waals surface area (Å²) in [6, 6.07) is 16.4. The molecule has 2 aromatic carbocycles. The zero-order valence-corrected chi connectivity index (χ0v) is 18.0. The van der Waals surface area contributed by atoms with Crippen LogP contribution in [0.4, 0.5) is 0 Å². The van der Waals surface area contributed by atoms with Gasteiger partial charge in [0.1, 0.15) is 11.7 Å². The van der Waals surface area contributed by atoms with Crippen LogP contribution in [0.1, 0.15) is 35.1 Å². The van der Waals surface area contributed by atoms with Gasteiger partial charge in [-0.2, -0.15) is 0 Å². The van der Waals surface area contributed by atoms with Gasteiger partial charge < -0.3 is 9.80 Å². The summed E-state index contributed by atoms with van der Waals surface area (Å²) in [5.41, 5.74) is 4.68. The van der Waals surface area contributed by atoms with Gasteiger partial charge in [0.05, 0.1) is 0 Å². The molecule has 0 aromatic heterocycles. The highest BCUT2D eigenvalue weighted by molar-refractivity contribution is 8.93. The third-order valence-corrected chi connectivity index (χ3v) is 5.01. The van der Waals surface area contributed by atoms with Crippen molar-refractivity contribution in [3.63, 3.8) is 0 Å². The molecule has 0 saturated heterocycles. The highest BCUT2D eigenvalue weighted by Crippen LogP contribution is 2.24. The first kappa shape index (κ1) is 20.6. The van der Waals surface area contributed by atoms with Crippen LogP contribution in [-0.4, -0.2) is 34.6 Å². The van der Waals surface area contributed by atoms with Crippen LogP contribution in [0.5, 0.6) is 0 Å². The van der Waals surface area contributed by atoms with E-state index in [2.05, 4.69) is 21.9 Å². The molecule has 0 aliphatic carbocycles. The molecule has 138 valence electrons. The fourth-order valence-corrected chi connectivity index (χ4v) is 3.68. The SMILES string of the molecule is Br.Br.N=C1c2ccccc2CN1CCCCN1Cc2ccccc2C1=N. The van der Waals surface area contributed by atoms with Gasteiger partial charge >= 0.3 is 0 Å². The first-order valence-electron chi connectivity index (χ1n) is 8.57. The second kappa shape index (κ2) is 8.82. The topological polar surface area (TPSA) is 54.2 Å². The number of halogens is 2. The minimum Gasteiger partial charge on any atom is -0.352 e. The largest absolute Gasteiger partial charge is 0.352 e. The maximum atomic E-state index is 8.29. The second-order valence-electron chi connectivity index (χ2n) is 6.56. The number of benzene rings is 2. The molecule has 2 heterocycles. The lowest BCUT2D eigenvalue weighted by atomic mass is 10.1. The standard InChI is InChI=1S/C20H22N4.2BrH/c21-19-17-9-3-1-7-15(17)13-23(19)11-5-6-12-24-14-16-8-2-4-10-18(16)20(24)22;;/h1-4,7-10,21-22H,5-6,11-14H2;2*1H. The summed E-state index contributed by atoms with van der Waals surface area (Å²) >= 11 is 0. The molecule has 0 bridgehead atoms. The molecule has 4 nitrogen and oxygen atoms in total. The van der Waals surface area contributed by atoms with Crippen LogP contribution in [-0.2, 0) is 13.1 Å². The lowest BCUT2D eigenvalue weighted by Crippen LogP contribution is -2.28. The molecule has 0 spiro atoms. The number of nitrogens with zero attached hydrogens (tertiary/aromatic N) is 2. The quantitative estimate of drug-likeness (QED) is 0.615. The number of hydrogen-bond donors (Lipinski definition) is 2. The summed E-state index contributed by atoms with van der Waals surface area (Å²) in [5, 5.41) is 16.6. The van der Waals surface area contributed by atoms with Gasteiger partial charge in [0, 0.05) is 37.3 Å². The minimum atomic E-state index is 0. The molecule has 6 heteroatoms. The van der Waals surface area contributed by atoms with Gasteiger partial charge in [-0.1, -0.05) is 48.5 Å². The monoisotopic (exact) mass is 478 g/mol. The molecular formula is C20H24Br2N4. The maximum absolute atomic E-state index is 8.29. The van der Waals surface area contributed by atoms with E-state index in [0.29, 0.717) is 11.7 Å². The molecular weight excluding hydrogens is 456 g/mol. The first-order valence-corrected chi connectivity index (χ1v) is 8.57. The lowest BCUT2D eigenvalue weighted by molar-refractivity contribution is 0.372. The van der Waals surface area contributed by atoms with E-state index >= 15 is 0 Å². The number of amidine groups is 2. The van der Waals surface area contributed by atoms with E-state index < -0.39 is 0 Å². The molecule has 26 heavy (non-hydrogen) atoms. The number of hydrogen-bond acceptors (Lipinski definition) is 2. The molecule has 2 aliphatic heterocycles. The Bertz CT molecular complexity index is 738. The summed E-state index contributed by atoms with van der Waals surface area (Å²) in [6.45, 7) is 3.56. The summed E-state index contributed by atoms with van der Waals surface area (Å²) in [5.74, 6) is 1.32. The maximum Gasteiger partial charge on any atom is 0.128 e. The highest BCUT2D eigenvalue weighted by Gasteiger charge is 2.24. The van der Waals surface area contributed by atoms with Gasteiger partial charge in [-0.3, -0.25) is 10.8 Å². The van der Waals surface area contributed by atoms with Gasteiger partial charge in [0.25, 0.3) is 0 Å². The molecule has 4 rings (SSSR count). The molecule has 2 N–H and O–H groups in total. The normalized spacial score (nSPS) is 14.6. The average Bonchev–Trinajstić information content (AvgIpc) is 3.10. The lowest BCUT2D eigenvalue weighted by Gasteiger charge is -2.20. The van der Waals surface area contributed by atoms with Crippen molar-refractivity contribution in [1.29, 1.82) is 10.8 Å². The van der Waals surface area contributed by atoms with Crippen LogP contribution in [0, 0.1) is 10.8 Å². The second-order valence-corrected chi connectivity index (χ2v) is 6.56. The van der Waals surface area contributed by atoms with Crippen molar-refractivity contribution in [3.05, 3.63) is 70.8 Å². The third-order valence-electron chi connectivity index (χ3n) is 5.01. The molecule has 0 fully saturated rings. The summed E-state index contributed by atoms with van der Waals surface area (Å²) in [6.07, 6.45) is 2.10. The number of nitrogens with one attached hydrogen (secondary N) is 2. The molecule has 0 atom stereocenters.